The third-order valence-electron chi connectivity index (χ3n) is 6.14. The summed E-state index contributed by atoms with van der Waals surface area (Å²) >= 11 is 0. The van der Waals surface area contributed by atoms with Crippen LogP contribution in [0, 0.1) is 17.8 Å². The van der Waals surface area contributed by atoms with Crippen LogP contribution in [-0.2, 0) is 9.47 Å². The van der Waals surface area contributed by atoms with Gasteiger partial charge in [-0.2, -0.15) is 0 Å². The lowest BCUT2D eigenvalue weighted by Crippen LogP contribution is -2.42. The SMILES string of the molecule is CN=C(NCCC1CCOCC1)N1CC2C3CCC(O3)C2C1. The summed E-state index contributed by atoms with van der Waals surface area (Å²) in [5, 5.41) is 3.59. The van der Waals surface area contributed by atoms with Crippen molar-refractivity contribution in [1.29, 1.82) is 0 Å². The molecule has 1 N–H and O–H groups in total. The zero-order valence-corrected chi connectivity index (χ0v) is 13.7. The Morgan fingerprint density at radius 2 is 1.77 bits per heavy atom. The molecule has 0 aromatic carbocycles. The lowest BCUT2D eigenvalue weighted by Gasteiger charge is -2.25. The van der Waals surface area contributed by atoms with Crippen molar-refractivity contribution >= 4 is 5.96 Å². The Labute approximate surface area is 133 Å². The topological polar surface area (TPSA) is 46.1 Å². The summed E-state index contributed by atoms with van der Waals surface area (Å²) in [5.41, 5.74) is 0. The van der Waals surface area contributed by atoms with E-state index in [1.807, 2.05) is 7.05 Å². The van der Waals surface area contributed by atoms with E-state index in [9.17, 15) is 0 Å². The number of hydrogen-bond donors (Lipinski definition) is 1. The molecule has 4 fully saturated rings. The summed E-state index contributed by atoms with van der Waals surface area (Å²) in [6.07, 6.45) is 7.27. The molecule has 4 rings (SSSR count). The first-order valence-electron chi connectivity index (χ1n) is 9.04. The van der Waals surface area contributed by atoms with Gasteiger partial charge in [-0.25, -0.2) is 0 Å². The van der Waals surface area contributed by atoms with Crippen LogP contribution in [-0.4, -0.2) is 63.0 Å². The molecule has 0 aromatic rings. The van der Waals surface area contributed by atoms with E-state index in [-0.39, 0.29) is 0 Å². The van der Waals surface area contributed by atoms with Crippen molar-refractivity contribution in [2.45, 2.75) is 44.3 Å². The molecular formula is C17H29N3O2. The van der Waals surface area contributed by atoms with Gasteiger partial charge in [-0.3, -0.25) is 4.99 Å². The molecule has 0 saturated carbocycles. The number of nitrogens with zero attached hydrogens (tertiary/aromatic N) is 2. The minimum Gasteiger partial charge on any atom is -0.381 e. The Bertz CT molecular complexity index is 404. The maximum atomic E-state index is 6.06. The fourth-order valence-corrected chi connectivity index (χ4v) is 4.89. The van der Waals surface area contributed by atoms with Gasteiger partial charge in [0.25, 0.3) is 0 Å². The van der Waals surface area contributed by atoms with Gasteiger partial charge < -0.3 is 19.7 Å². The summed E-state index contributed by atoms with van der Waals surface area (Å²) in [6, 6.07) is 0. The molecule has 4 atom stereocenters. The van der Waals surface area contributed by atoms with E-state index in [4.69, 9.17) is 9.47 Å². The minimum atomic E-state index is 0.528. The van der Waals surface area contributed by atoms with E-state index in [1.165, 1.54) is 32.1 Å². The second-order valence-electron chi connectivity index (χ2n) is 7.34. The highest BCUT2D eigenvalue weighted by Crippen LogP contribution is 2.47. The standard InChI is InChI=1S/C17H29N3O2/c1-18-17(19-7-4-12-5-8-21-9-6-12)20-10-13-14(11-20)16-3-2-15(13)22-16/h12-16H,2-11H2,1H3,(H,18,19). The predicted molar refractivity (Wildman–Crippen MR) is 86.0 cm³/mol. The molecule has 0 spiro atoms. The Hall–Kier alpha value is -0.810. The zero-order chi connectivity index (χ0) is 14.9. The molecule has 0 radical (unpaired) electrons. The van der Waals surface area contributed by atoms with Crippen molar-refractivity contribution in [1.82, 2.24) is 10.2 Å². The van der Waals surface area contributed by atoms with Crippen molar-refractivity contribution in [3.63, 3.8) is 0 Å². The molecule has 22 heavy (non-hydrogen) atoms. The van der Waals surface area contributed by atoms with Gasteiger partial charge in [-0.05, 0) is 38.0 Å². The van der Waals surface area contributed by atoms with Crippen LogP contribution < -0.4 is 5.32 Å². The quantitative estimate of drug-likeness (QED) is 0.634. The van der Waals surface area contributed by atoms with Crippen LogP contribution in [0.2, 0.25) is 0 Å². The van der Waals surface area contributed by atoms with Crippen LogP contribution in [0.1, 0.15) is 32.1 Å². The van der Waals surface area contributed by atoms with Crippen LogP contribution in [0.3, 0.4) is 0 Å². The Kier molecular flexibility index (Phi) is 4.27. The first-order valence-corrected chi connectivity index (χ1v) is 9.04. The monoisotopic (exact) mass is 307 g/mol. The first-order chi connectivity index (χ1) is 10.8. The van der Waals surface area contributed by atoms with Gasteiger partial charge in [0.15, 0.2) is 5.96 Å². The number of guanidine groups is 1. The van der Waals surface area contributed by atoms with Gasteiger partial charge in [0, 0.05) is 51.7 Å². The molecule has 2 bridgehead atoms. The summed E-state index contributed by atoms with van der Waals surface area (Å²) in [6.45, 7) is 5.17. The van der Waals surface area contributed by atoms with Crippen LogP contribution in [0.4, 0.5) is 0 Å². The summed E-state index contributed by atoms with van der Waals surface area (Å²) in [5.74, 6) is 3.41. The van der Waals surface area contributed by atoms with E-state index in [1.54, 1.807) is 0 Å². The number of aliphatic imine (C=N–C) groups is 1. The highest BCUT2D eigenvalue weighted by molar-refractivity contribution is 5.80. The van der Waals surface area contributed by atoms with Gasteiger partial charge in [0.05, 0.1) is 12.2 Å². The number of likely N-dealkylation sites (tertiary alicyclic amines) is 1. The molecule has 4 heterocycles. The van der Waals surface area contributed by atoms with Gasteiger partial charge in [0.1, 0.15) is 0 Å². The van der Waals surface area contributed by atoms with Crippen molar-refractivity contribution in [2.75, 3.05) is 39.9 Å². The number of fused-ring (bicyclic) bond motifs is 5. The van der Waals surface area contributed by atoms with E-state index in [0.717, 1.165) is 56.6 Å². The number of rotatable bonds is 3. The fraction of sp³-hybridized carbons (Fsp3) is 0.941. The van der Waals surface area contributed by atoms with E-state index < -0.39 is 0 Å². The van der Waals surface area contributed by atoms with Crippen molar-refractivity contribution in [2.24, 2.45) is 22.7 Å². The third-order valence-corrected chi connectivity index (χ3v) is 6.14. The van der Waals surface area contributed by atoms with Crippen molar-refractivity contribution < 1.29 is 9.47 Å². The fourth-order valence-electron chi connectivity index (χ4n) is 4.89. The predicted octanol–water partition coefficient (Wildman–Crippen LogP) is 1.49. The third kappa shape index (κ3) is 2.73. The lowest BCUT2D eigenvalue weighted by atomic mass is 9.82. The second kappa shape index (κ2) is 6.36. The smallest absolute Gasteiger partial charge is 0.193 e. The molecule has 4 saturated heterocycles. The van der Waals surface area contributed by atoms with Crippen LogP contribution in [0.25, 0.3) is 0 Å². The van der Waals surface area contributed by atoms with E-state index in [0.29, 0.717) is 12.2 Å². The maximum absolute atomic E-state index is 6.06. The average molecular weight is 307 g/mol. The minimum absolute atomic E-state index is 0.528. The molecule has 4 unspecified atom stereocenters. The van der Waals surface area contributed by atoms with Gasteiger partial charge in [0.2, 0.25) is 0 Å². The zero-order valence-electron chi connectivity index (χ0n) is 13.7. The average Bonchev–Trinajstić information content (AvgIpc) is 3.25. The lowest BCUT2D eigenvalue weighted by molar-refractivity contribution is 0.0642. The Morgan fingerprint density at radius 1 is 1.09 bits per heavy atom. The van der Waals surface area contributed by atoms with Crippen molar-refractivity contribution in [3.8, 4) is 0 Å². The highest BCUT2D eigenvalue weighted by Gasteiger charge is 2.53. The van der Waals surface area contributed by atoms with E-state index in [2.05, 4.69) is 15.2 Å². The summed E-state index contributed by atoms with van der Waals surface area (Å²) in [4.78, 5) is 6.98. The van der Waals surface area contributed by atoms with Gasteiger partial charge >= 0.3 is 0 Å². The number of nitrogens with one attached hydrogen (secondary N) is 1. The Morgan fingerprint density at radius 3 is 2.41 bits per heavy atom. The first kappa shape index (κ1) is 14.8. The molecule has 4 aliphatic rings. The molecule has 4 aliphatic heterocycles. The molecule has 124 valence electrons. The second-order valence-corrected chi connectivity index (χ2v) is 7.34. The molecular weight excluding hydrogens is 278 g/mol. The van der Waals surface area contributed by atoms with Crippen molar-refractivity contribution in [3.05, 3.63) is 0 Å². The molecule has 5 nitrogen and oxygen atoms in total. The normalized spacial score (nSPS) is 38.6. The van der Waals surface area contributed by atoms with Crippen LogP contribution in [0.5, 0.6) is 0 Å². The molecule has 5 heteroatoms. The van der Waals surface area contributed by atoms with Gasteiger partial charge in [-0.1, -0.05) is 0 Å². The van der Waals surface area contributed by atoms with E-state index >= 15 is 0 Å². The number of hydrogen-bond acceptors (Lipinski definition) is 3. The van der Waals surface area contributed by atoms with Crippen LogP contribution >= 0.6 is 0 Å². The maximum Gasteiger partial charge on any atom is 0.193 e. The number of ether oxygens (including phenoxy) is 2. The highest BCUT2D eigenvalue weighted by atomic mass is 16.5. The molecule has 0 amide bonds. The molecule has 0 aliphatic carbocycles. The molecule has 0 aromatic heterocycles. The van der Waals surface area contributed by atoms with Gasteiger partial charge in [-0.15, -0.1) is 0 Å². The van der Waals surface area contributed by atoms with Crippen LogP contribution in [0.15, 0.2) is 4.99 Å². The largest absolute Gasteiger partial charge is 0.381 e. The Balaban J connectivity index is 1.26. The summed E-state index contributed by atoms with van der Waals surface area (Å²) < 4.78 is 11.5. The summed E-state index contributed by atoms with van der Waals surface area (Å²) in [7, 11) is 1.91.